The number of hydrogen-bond donors (Lipinski definition) is 2. The van der Waals surface area contributed by atoms with Crippen LogP contribution in [0.3, 0.4) is 0 Å². The zero-order valence-electron chi connectivity index (χ0n) is 11.2. The first-order chi connectivity index (χ1) is 9.08. The maximum atomic E-state index is 13.5. The van der Waals surface area contributed by atoms with E-state index in [0.717, 1.165) is 11.3 Å². The van der Waals surface area contributed by atoms with Gasteiger partial charge in [0.05, 0.1) is 6.10 Å². The SMILES string of the molecule is Cc1ccc(NCC(O)c2ccccc2F)c(C)c1. The fourth-order valence-corrected chi connectivity index (χ4v) is 2.07. The Balaban J connectivity index is 2.04. The van der Waals surface area contributed by atoms with Gasteiger partial charge in [0.15, 0.2) is 0 Å². The molecule has 2 N–H and O–H groups in total. The fraction of sp³-hybridized carbons (Fsp3) is 0.250. The normalized spacial score (nSPS) is 12.2. The first-order valence-electron chi connectivity index (χ1n) is 6.31. The molecule has 0 radical (unpaired) electrons. The molecule has 2 aromatic rings. The van der Waals surface area contributed by atoms with E-state index in [-0.39, 0.29) is 12.4 Å². The quantitative estimate of drug-likeness (QED) is 0.879. The van der Waals surface area contributed by atoms with E-state index in [0.29, 0.717) is 5.56 Å². The van der Waals surface area contributed by atoms with E-state index in [9.17, 15) is 9.50 Å². The molecular formula is C16H18FNO. The minimum Gasteiger partial charge on any atom is -0.386 e. The van der Waals surface area contributed by atoms with Crippen LogP contribution < -0.4 is 5.32 Å². The van der Waals surface area contributed by atoms with E-state index in [1.165, 1.54) is 11.6 Å². The molecule has 3 heteroatoms. The predicted octanol–water partition coefficient (Wildman–Crippen LogP) is 3.59. The Morgan fingerprint density at radius 3 is 2.58 bits per heavy atom. The first kappa shape index (κ1) is 13.6. The smallest absolute Gasteiger partial charge is 0.129 e. The Bertz CT molecular complexity index is 568. The van der Waals surface area contributed by atoms with Gasteiger partial charge in [-0.2, -0.15) is 0 Å². The molecule has 1 unspecified atom stereocenters. The van der Waals surface area contributed by atoms with E-state index in [1.807, 2.05) is 26.0 Å². The summed E-state index contributed by atoms with van der Waals surface area (Å²) in [4.78, 5) is 0. The van der Waals surface area contributed by atoms with Crippen LogP contribution in [0.1, 0.15) is 22.8 Å². The van der Waals surface area contributed by atoms with Gasteiger partial charge in [-0.1, -0.05) is 35.9 Å². The summed E-state index contributed by atoms with van der Waals surface area (Å²) in [5.41, 5.74) is 3.58. The van der Waals surface area contributed by atoms with Gasteiger partial charge in [0.1, 0.15) is 5.82 Å². The van der Waals surface area contributed by atoms with Gasteiger partial charge in [-0.25, -0.2) is 4.39 Å². The molecule has 0 saturated heterocycles. The zero-order valence-corrected chi connectivity index (χ0v) is 11.2. The second-order valence-corrected chi connectivity index (χ2v) is 4.74. The highest BCUT2D eigenvalue weighted by Crippen LogP contribution is 2.20. The van der Waals surface area contributed by atoms with Crippen LogP contribution in [0.15, 0.2) is 42.5 Å². The summed E-state index contributed by atoms with van der Waals surface area (Å²) >= 11 is 0. The third kappa shape index (κ3) is 3.32. The number of rotatable bonds is 4. The molecule has 0 spiro atoms. The number of aliphatic hydroxyl groups excluding tert-OH is 1. The number of aliphatic hydroxyl groups is 1. The highest BCUT2D eigenvalue weighted by atomic mass is 19.1. The number of hydrogen-bond acceptors (Lipinski definition) is 2. The fourth-order valence-electron chi connectivity index (χ4n) is 2.07. The van der Waals surface area contributed by atoms with Crippen molar-refractivity contribution in [1.82, 2.24) is 0 Å². The molecule has 0 aromatic heterocycles. The third-order valence-electron chi connectivity index (χ3n) is 3.13. The van der Waals surface area contributed by atoms with Crippen molar-refractivity contribution < 1.29 is 9.50 Å². The minimum atomic E-state index is -0.859. The zero-order chi connectivity index (χ0) is 13.8. The van der Waals surface area contributed by atoms with Gasteiger partial charge in [-0.15, -0.1) is 0 Å². The summed E-state index contributed by atoms with van der Waals surface area (Å²) in [6.07, 6.45) is -0.859. The highest BCUT2D eigenvalue weighted by Gasteiger charge is 2.12. The molecule has 0 aliphatic rings. The standard InChI is InChI=1S/C16H18FNO/c1-11-7-8-15(12(2)9-11)18-10-16(19)13-5-3-4-6-14(13)17/h3-9,16,18-19H,10H2,1-2H3. The second-order valence-electron chi connectivity index (χ2n) is 4.74. The number of halogens is 1. The Morgan fingerprint density at radius 2 is 1.89 bits per heavy atom. The van der Waals surface area contributed by atoms with Crippen LogP contribution >= 0.6 is 0 Å². The maximum Gasteiger partial charge on any atom is 0.129 e. The van der Waals surface area contributed by atoms with Crippen molar-refractivity contribution in [3.8, 4) is 0 Å². The molecule has 0 heterocycles. The van der Waals surface area contributed by atoms with Crippen LogP contribution in [0.25, 0.3) is 0 Å². The molecule has 100 valence electrons. The average molecular weight is 259 g/mol. The Labute approximate surface area is 112 Å². The average Bonchev–Trinajstić information content (AvgIpc) is 2.38. The van der Waals surface area contributed by atoms with Crippen molar-refractivity contribution in [2.45, 2.75) is 20.0 Å². The van der Waals surface area contributed by atoms with Gasteiger partial charge < -0.3 is 10.4 Å². The van der Waals surface area contributed by atoms with Crippen molar-refractivity contribution in [3.63, 3.8) is 0 Å². The lowest BCUT2D eigenvalue weighted by molar-refractivity contribution is 0.186. The lowest BCUT2D eigenvalue weighted by Crippen LogP contribution is -2.14. The summed E-state index contributed by atoms with van der Waals surface area (Å²) in [5, 5.41) is 13.2. The van der Waals surface area contributed by atoms with Gasteiger partial charge in [0.2, 0.25) is 0 Å². The molecule has 0 amide bonds. The Kier molecular flexibility index (Phi) is 4.17. The topological polar surface area (TPSA) is 32.3 Å². The summed E-state index contributed by atoms with van der Waals surface area (Å²) in [6.45, 7) is 4.32. The molecule has 2 nitrogen and oxygen atoms in total. The van der Waals surface area contributed by atoms with Crippen molar-refractivity contribution in [2.75, 3.05) is 11.9 Å². The lowest BCUT2D eigenvalue weighted by atomic mass is 10.1. The van der Waals surface area contributed by atoms with Gasteiger partial charge >= 0.3 is 0 Å². The molecule has 0 saturated carbocycles. The molecule has 1 atom stereocenters. The van der Waals surface area contributed by atoms with Crippen LogP contribution in [0.4, 0.5) is 10.1 Å². The molecule has 2 aromatic carbocycles. The van der Waals surface area contributed by atoms with Crippen LogP contribution in [-0.2, 0) is 0 Å². The molecule has 0 fully saturated rings. The van der Waals surface area contributed by atoms with Crippen molar-refractivity contribution in [2.24, 2.45) is 0 Å². The Hall–Kier alpha value is -1.87. The molecule has 19 heavy (non-hydrogen) atoms. The van der Waals surface area contributed by atoms with Gasteiger partial charge in [-0.05, 0) is 31.5 Å². The summed E-state index contributed by atoms with van der Waals surface area (Å²) < 4.78 is 13.5. The number of anilines is 1. The molecule has 0 aliphatic heterocycles. The maximum absolute atomic E-state index is 13.5. The minimum absolute atomic E-state index is 0.283. The van der Waals surface area contributed by atoms with Crippen molar-refractivity contribution in [1.29, 1.82) is 0 Å². The van der Waals surface area contributed by atoms with Crippen LogP contribution in [0, 0.1) is 19.7 Å². The lowest BCUT2D eigenvalue weighted by Gasteiger charge is -2.15. The van der Waals surface area contributed by atoms with E-state index in [1.54, 1.807) is 18.2 Å². The summed E-state index contributed by atoms with van der Waals surface area (Å²) in [7, 11) is 0. The monoisotopic (exact) mass is 259 g/mol. The first-order valence-corrected chi connectivity index (χ1v) is 6.31. The van der Waals surface area contributed by atoms with E-state index in [4.69, 9.17) is 0 Å². The molecule has 2 rings (SSSR count). The van der Waals surface area contributed by atoms with Gasteiger partial charge in [-0.3, -0.25) is 0 Å². The largest absolute Gasteiger partial charge is 0.386 e. The highest BCUT2D eigenvalue weighted by molar-refractivity contribution is 5.52. The van der Waals surface area contributed by atoms with Crippen LogP contribution in [-0.4, -0.2) is 11.7 Å². The molecule has 0 aliphatic carbocycles. The van der Waals surface area contributed by atoms with Crippen molar-refractivity contribution >= 4 is 5.69 Å². The van der Waals surface area contributed by atoms with Gasteiger partial charge in [0, 0.05) is 17.8 Å². The molecule has 0 bridgehead atoms. The van der Waals surface area contributed by atoms with Crippen LogP contribution in [0.5, 0.6) is 0 Å². The number of aryl methyl sites for hydroxylation is 2. The summed E-state index contributed by atoms with van der Waals surface area (Å²) in [6, 6.07) is 12.3. The number of benzene rings is 2. The number of nitrogens with one attached hydrogen (secondary N) is 1. The van der Waals surface area contributed by atoms with E-state index in [2.05, 4.69) is 11.4 Å². The second kappa shape index (κ2) is 5.85. The predicted molar refractivity (Wildman–Crippen MR) is 75.8 cm³/mol. The van der Waals surface area contributed by atoms with Gasteiger partial charge in [0.25, 0.3) is 0 Å². The van der Waals surface area contributed by atoms with Crippen molar-refractivity contribution in [3.05, 3.63) is 65.0 Å². The van der Waals surface area contributed by atoms with E-state index >= 15 is 0 Å². The van der Waals surface area contributed by atoms with Crippen LogP contribution in [0.2, 0.25) is 0 Å². The third-order valence-corrected chi connectivity index (χ3v) is 3.13. The van der Waals surface area contributed by atoms with E-state index < -0.39 is 6.10 Å². The molecular weight excluding hydrogens is 241 g/mol. The Morgan fingerprint density at radius 1 is 1.16 bits per heavy atom. The summed E-state index contributed by atoms with van der Waals surface area (Å²) in [5.74, 6) is -0.377.